The summed E-state index contributed by atoms with van der Waals surface area (Å²) in [5.74, 6) is 0.301. The largest absolute Gasteiger partial charge is 0.496 e. The van der Waals surface area contributed by atoms with Crippen LogP contribution in [0.2, 0.25) is 0 Å². The highest BCUT2D eigenvalue weighted by atomic mass is 16.5. The van der Waals surface area contributed by atoms with E-state index in [1.807, 2.05) is 26.0 Å². The highest BCUT2D eigenvalue weighted by Crippen LogP contribution is 2.30. The second-order valence-corrected chi connectivity index (χ2v) is 5.29. The van der Waals surface area contributed by atoms with Crippen molar-refractivity contribution in [2.75, 3.05) is 12.4 Å². The van der Waals surface area contributed by atoms with Gasteiger partial charge < -0.3 is 10.1 Å². The molecule has 2 rings (SSSR count). The molecule has 1 atom stereocenters. The minimum absolute atomic E-state index is 0.107. The molecule has 0 radical (unpaired) electrons. The topological polar surface area (TPSA) is 67.8 Å². The first-order chi connectivity index (χ1) is 10.4. The average Bonchev–Trinajstić information content (AvgIpc) is 2.48. The maximum absolute atomic E-state index is 12.4. The van der Waals surface area contributed by atoms with Crippen LogP contribution >= 0.6 is 0 Å². The minimum Gasteiger partial charge on any atom is -0.496 e. The molecule has 1 aromatic rings. The van der Waals surface area contributed by atoms with E-state index in [-0.39, 0.29) is 11.7 Å². The van der Waals surface area contributed by atoms with Gasteiger partial charge in [-0.15, -0.1) is 0 Å². The molecule has 0 aromatic heterocycles. The Hall–Kier alpha value is -2.43. The van der Waals surface area contributed by atoms with E-state index in [4.69, 9.17) is 4.74 Å². The van der Waals surface area contributed by atoms with Gasteiger partial charge in [0.25, 0.3) is 0 Å². The van der Waals surface area contributed by atoms with Gasteiger partial charge >= 0.3 is 0 Å². The first-order valence-electron chi connectivity index (χ1n) is 7.14. The molecular formula is C17H20N2O3. The molecule has 1 amide bonds. The summed E-state index contributed by atoms with van der Waals surface area (Å²) in [5, 5.41) is 2.84. The summed E-state index contributed by atoms with van der Waals surface area (Å²) in [7, 11) is 1.56. The molecule has 1 N–H and O–H groups in total. The van der Waals surface area contributed by atoms with Crippen molar-refractivity contribution in [2.24, 2.45) is 4.99 Å². The smallest absolute Gasteiger partial charge is 0.249 e. The number of allylic oxidation sites excluding steroid dienone is 1. The fraction of sp³-hybridized carbons (Fsp3) is 0.353. The van der Waals surface area contributed by atoms with Crippen molar-refractivity contribution in [1.29, 1.82) is 0 Å². The minimum atomic E-state index is -0.463. The maximum atomic E-state index is 12.4. The lowest BCUT2D eigenvalue weighted by atomic mass is 10.0. The Morgan fingerprint density at radius 2 is 2.05 bits per heavy atom. The summed E-state index contributed by atoms with van der Waals surface area (Å²) in [5.41, 5.74) is 2.52. The number of amides is 1. The number of carbonyl (C=O) groups excluding carboxylic acids is 2. The van der Waals surface area contributed by atoms with Crippen LogP contribution in [-0.2, 0) is 4.79 Å². The molecule has 116 valence electrons. The van der Waals surface area contributed by atoms with Crippen molar-refractivity contribution in [3.8, 4) is 5.75 Å². The number of hydrogen-bond donors (Lipinski definition) is 1. The summed E-state index contributed by atoms with van der Waals surface area (Å²) in [6, 6.07) is 2.93. The van der Waals surface area contributed by atoms with E-state index in [2.05, 4.69) is 10.3 Å². The first-order valence-corrected chi connectivity index (χ1v) is 7.14. The van der Waals surface area contributed by atoms with Gasteiger partial charge in [0.1, 0.15) is 11.8 Å². The molecule has 22 heavy (non-hydrogen) atoms. The molecule has 1 aromatic carbocycles. The maximum Gasteiger partial charge on any atom is 0.249 e. The number of anilines is 1. The van der Waals surface area contributed by atoms with Crippen LogP contribution in [0, 0.1) is 6.92 Å². The number of ether oxygens (including phenoxy) is 1. The molecule has 1 heterocycles. The predicted molar refractivity (Wildman–Crippen MR) is 87.0 cm³/mol. The molecule has 0 bridgehead atoms. The van der Waals surface area contributed by atoms with Gasteiger partial charge in [0.2, 0.25) is 5.91 Å². The van der Waals surface area contributed by atoms with E-state index in [1.165, 1.54) is 6.92 Å². The Morgan fingerprint density at radius 1 is 1.32 bits per heavy atom. The molecule has 0 aliphatic carbocycles. The van der Waals surface area contributed by atoms with Gasteiger partial charge in [-0.25, -0.2) is 0 Å². The fourth-order valence-corrected chi connectivity index (χ4v) is 2.45. The Kier molecular flexibility index (Phi) is 4.75. The number of ketones is 1. The lowest BCUT2D eigenvalue weighted by Gasteiger charge is -2.19. The van der Waals surface area contributed by atoms with Gasteiger partial charge in [0.15, 0.2) is 5.78 Å². The van der Waals surface area contributed by atoms with Gasteiger partial charge in [-0.1, -0.05) is 6.08 Å². The Morgan fingerprint density at radius 3 is 2.64 bits per heavy atom. The second kappa shape index (κ2) is 6.56. The zero-order valence-corrected chi connectivity index (χ0v) is 13.3. The standard InChI is InChI=1S/C17H20N2O3/c1-10-6-5-7-14(18-10)17(21)19-16-11(2)15(22-4)9-8-13(16)12(3)20/h5-6,8-9,14H,7H2,1-4H3,(H,19,21). The number of Topliss-reactive ketones (excluding diaryl/α,β-unsaturated/α-hetero) is 1. The number of carbonyl (C=O) groups is 2. The summed E-state index contributed by atoms with van der Waals surface area (Å²) >= 11 is 0. The first kappa shape index (κ1) is 15.9. The molecule has 1 aliphatic rings. The fourth-order valence-electron chi connectivity index (χ4n) is 2.45. The van der Waals surface area contributed by atoms with E-state index < -0.39 is 6.04 Å². The van der Waals surface area contributed by atoms with Crippen molar-refractivity contribution in [2.45, 2.75) is 33.2 Å². The third-order valence-electron chi connectivity index (χ3n) is 3.64. The van der Waals surface area contributed by atoms with Crippen LogP contribution in [0.15, 0.2) is 29.3 Å². The third kappa shape index (κ3) is 3.24. The second-order valence-electron chi connectivity index (χ2n) is 5.29. The Balaban J connectivity index is 2.33. The summed E-state index contributed by atoms with van der Waals surface area (Å²) in [6.45, 7) is 5.15. The summed E-state index contributed by atoms with van der Waals surface area (Å²) in [4.78, 5) is 28.6. The highest BCUT2D eigenvalue weighted by Gasteiger charge is 2.22. The summed E-state index contributed by atoms with van der Waals surface area (Å²) < 4.78 is 5.26. The molecule has 1 aliphatic heterocycles. The van der Waals surface area contributed by atoms with E-state index in [9.17, 15) is 9.59 Å². The van der Waals surface area contributed by atoms with Gasteiger partial charge in [-0.2, -0.15) is 0 Å². The number of nitrogens with zero attached hydrogens (tertiary/aromatic N) is 1. The number of dihydropyridines is 1. The number of aliphatic imine (C=N–C) groups is 1. The number of methoxy groups -OCH3 is 1. The van der Waals surface area contributed by atoms with Crippen LogP contribution in [0.5, 0.6) is 5.75 Å². The predicted octanol–water partition coefficient (Wildman–Crippen LogP) is 2.93. The van der Waals surface area contributed by atoms with E-state index >= 15 is 0 Å². The lowest BCUT2D eigenvalue weighted by molar-refractivity contribution is -0.117. The highest BCUT2D eigenvalue weighted by molar-refractivity contribution is 6.07. The van der Waals surface area contributed by atoms with Crippen molar-refractivity contribution in [1.82, 2.24) is 0 Å². The number of rotatable bonds is 4. The van der Waals surface area contributed by atoms with Crippen molar-refractivity contribution < 1.29 is 14.3 Å². The Labute approximate surface area is 130 Å². The van der Waals surface area contributed by atoms with Gasteiger partial charge in [-0.3, -0.25) is 14.6 Å². The van der Waals surface area contributed by atoms with Gasteiger partial charge in [0.05, 0.1) is 12.8 Å². The zero-order valence-electron chi connectivity index (χ0n) is 13.3. The summed E-state index contributed by atoms with van der Waals surface area (Å²) in [6.07, 6.45) is 4.38. The van der Waals surface area contributed by atoms with Gasteiger partial charge in [-0.05, 0) is 45.4 Å². The molecule has 5 nitrogen and oxygen atoms in total. The van der Waals surface area contributed by atoms with Crippen LogP contribution in [0.3, 0.4) is 0 Å². The third-order valence-corrected chi connectivity index (χ3v) is 3.64. The Bertz CT molecular complexity index is 675. The lowest BCUT2D eigenvalue weighted by Crippen LogP contribution is -2.29. The number of hydrogen-bond acceptors (Lipinski definition) is 4. The molecule has 1 unspecified atom stereocenters. The molecule has 0 spiro atoms. The van der Waals surface area contributed by atoms with Crippen LogP contribution in [0.1, 0.15) is 36.2 Å². The zero-order chi connectivity index (χ0) is 16.3. The van der Waals surface area contributed by atoms with E-state index in [0.29, 0.717) is 23.4 Å². The number of nitrogens with one attached hydrogen (secondary N) is 1. The van der Waals surface area contributed by atoms with E-state index in [1.54, 1.807) is 19.2 Å². The molecule has 0 saturated carbocycles. The molecule has 0 saturated heterocycles. The molecule has 0 fully saturated rings. The van der Waals surface area contributed by atoms with Crippen LogP contribution in [0.4, 0.5) is 5.69 Å². The van der Waals surface area contributed by atoms with Crippen LogP contribution in [-0.4, -0.2) is 30.6 Å². The SMILES string of the molecule is COc1ccc(C(C)=O)c(NC(=O)C2CC=CC(C)=N2)c1C. The van der Waals surface area contributed by atoms with Crippen molar-refractivity contribution in [3.05, 3.63) is 35.4 Å². The average molecular weight is 300 g/mol. The normalized spacial score (nSPS) is 16.9. The van der Waals surface area contributed by atoms with Gasteiger partial charge in [0, 0.05) is 16.8 Å². The molecular weight excluding hydrogens is 280 g/mol. The van der Waals surface area contributed by atoms with Crippen molar-refractivity contribution in [3.63, 3.8) is 0 Å². The number of benzene rings is 1. The quantitative estimate of drug-likeness (QED) is 0.869. The van der Waals surface area contributed by atoms with E-state index in [0.717, 1.165) is 11.3 Å². The van der Waals surface area contributed by atoms with Crippen LogP contribution in [0.25, 0.3) is 0 Å². The molecule has 5 heteroatoms. The van der Waals surface area contributed by atoms with Crippen molar-refractivity contribution >= 4 is 23.1 Å². The monoisotopic (exact) mass is 300 g/mol. The van der Waals surface area contributed by atoms with Crippen LogP contribution < -0.4 is 10.1 Å².